The Bertz CT molecular complexity index is 1410. The van der Waals surface area contributed by atoms with Crippen LogP contribution in [0.2, 0.25) is 20.1 Å². The first-order valence-electron chi connectivity index (χ1n) is 9.98. The van der Waals surface area contributed by atoms with Crippen molar-refractivity contribution in [3.63, 3.8) is 0 Å². The smallest absolute Gasteiger partial charge is 0.341 e. The molecule has 2 heterocycles. The van der Waals surface area contributed by atoms with E-state index in [1.165, 1.54) is 24.3 Å². The predicted molar refractivity (Wildman–Crippen MR) is 135 cm³/mol. The molecule has 196 valence electrons. The molecule has 4 rings (SSSR count). The van der Waals surface area contributed by atoms with Crippen molar-refractivity contribution in [2.75, 3.05) is 0 Å². The number of halogens is 6. The van der Waals surface area contributed by atoms with Gasteiger partial charge in [-0.15, -0.1) is 0 Å². The van der Waals surface area contributed by atoms with Gasteiger partial charge in [-0.3, -0.25) is 0 Å². The number of ether oxygens (including phenoxy) is 2. The molecular formula is C24H12Cl4F2N2O6. The Morgan fingerprint density at radius 3 is 1.37 bits per heavy atom. The molecule has 0 saturated heterocycles. The summed E-state index contributed by atoms with van der Waals surface area (Å²) in [5.74, 6) is -4.54. The maximum absolute atomic E-state index is 13.0. The van der Waals surface area contributed by atoms with Gasteiger partial charge in [0, 0.05) is 22.2 Å². The first kappa shape index (κ1) is 28.9. The number of benzene rings is 2. The molecule has 0 amide bonds. The quantitative estimate of drug-likeness (QED) is 0.227. The van der Waals surface area contributed by atoms with E-state index in [1.807, 2.05) is 0 Å². The molecule has 0 fully saturated rings. The summed E-state index contributed by atoms with van der Waals surface area (Å²) in [5, 5.41) is 19.1. The molecule has 4 aromatic rings. The van der Waals surface area contributed by atoms with Crippen LogP contribution < -0.4 is 9.47 Å². The van der Waals surface area contributed by atoms with Gasteiger partial charge in [-0.1, -0.05) is 46.4 Å². The fourth-order valence-corrected chi connectivity index (χ4v) is 3.28. The highest BCUT2D eigenvalue weighted by atomic mass is 35.5. The number of aromatic carboxylic acids is 2. The Morgan fingerprint density at radius 1 is 0.658 bits per heavy atom. The van der Waals surface area contributed by atoms with E-state index in [0.717, 1.165) is 24.5 Å². The molecule has 14 heteroatoms. The number of carboxylic acid groups (broad SMARTS) is 2. The van der Waals surface area contributed by atoms with Crippen LogP contribution in [0.1, 0.15) is 20.7 Å². The summed E-state index contributed by atoms with van der Waals surface area (Å²) in [6, 6.07) is 10.5. The maximum atomic E-state index is 13.0. The SMILES string of the molecule is O=C(O)c1cc(F)cnc1Oc1cc(Cl)ccc1Cl.O=C(O)c1cc(F)cnc1Oc1cc(Cl)ccc1Cl. The molecule has 0 bridgehead atoms. The normalized spacial score (nSPS) is 10.3. The lowest BCUT2D eigenvalue weighted by atomic mass is 10.2. The molecule has 8 nitrogen and oxygen atoms in total. The van der Waals surface area contributed by atoms with Crippen molar-refractivity contribution < 1.29 is 38.1 Å². The van der Waals surface area contributed by atoms with Gasteiger partial charge in [-0.25, -0.2) is 28.3 Å². The topological polar surface area (TPSA) is 119 Å². The van der Waals surface area contributed by atoms with Crippen LogP contribution in [0.4, 0.5) is 8.78 Å². The van der Waals surface area contributed by atoms with Crippen molar-refractivity contribution in [3.05, 3.63) is 104 Å². The van der Waals surface area contributed by atoms with Gasteiger partial charge >= 0.3 is 11.9 Å². The van der Waals surface area contributed by atoms with Crippen molar-refractivity contribution in [1.29, 1.82) is 0 Å². The number of rotatable bonds is 6. The van der Waals surface area contributed by atoms with Crippen molar-refractivity contribution in [1.82, 2.24) is 9.97 Å². The molecule has 2 aromatic carbocycles. The molecule has 2 aromatic heterocycles. The zero-order chi connectivity index (χ0) is 28.0. The van der Waals surface area contributed by atoms with Crippen LogP contribution in [0.5, 0.6) is 23.3 Å². The van der Waals surface area contributed by atoms with Gasteiger partial charge in [0.2, 0.25) is 11.8 Å². The van der Waals surface area contributed by atoms with Crippen LogP contribution in [0.25, 0.3) is 0 Å². The summed E-state index contributed by atoms with van der Waals surface area (Å²) in [5.41, 5.74) is -0.813. The van der Waals surface area contributed by atoms with E-state index in [2.05, 4.69) is 9.97 Å². The molecule has 38 heavy (non-hydrogen) atoms. The first-order valence-corrected chi connectivity index (χ1v) is 11.5. The minimum absolute atomic E-state index is 0.135. The van der Waals surface area contributed by atoms with Gasteiger partial charge in [-0.05, 0) is 36.4 Å². The van der Waals surface area contributed by atoms with Crippen LogP contribution in [0, 0.1) is 11.6 Å². The Morgan fingerprint density at radius 2 is 1.03 bits per heavy atom. The number of aromatic nitrogens is 2. The molecule has 0 radical (unpaired) electrons. The molecule has 0 aliphatic heterocycles. The lowest BCUT2D eigenvalue weighted by molar-refractivity contribution is 0.0681. The minimum Gasteiger partial charge on any atom is -0.477 e. The fourth-order valence-electron chi connectivity index (χ4n) is 2.64. The number of hydrogen-bond acceptors (Lipinski definition) is 6. The van der Waals surface area contributed by atoms with Gasteiger partial charge in [0.25, 0.3) is 0 Å². The average Bonchev–Trinajstić information content (AvgIpc) is 2.86. The van der Waals surface area contributed by atoms with E-state index in [1.54, 1.807) is 12.1 Å². The van der Waals surface area contributed by atoms with Crippen LogP contribution in [-0.4, -0.2) is 32.1 Å². The van der Waals surface area contributed by atoms with Crippen LogP contribution in [0.15, 0.2) is 60.9 Å². The van der Waals surface area contributed by atoms with Crippen molar-refractivity contribution in [2.24, 2.45) is 0 Å². The van der Waals surface area contributed by atoms with Crippen molar-refractivity contribution >= 4 is 58.3 Å². The summed E-state index contributed by atoms with van der Waals surface area (Å²) in [4.78, 5) is 29.1. The van der Waals surface area contributed by atoms with Crippen molar-refractivity contribution in [2.45, 2.75) is 0 Å². The molecule has 2 N–H and O–H groups in total. The van der Waals surface area contributed by atoms with Crippen LogP contribution in [0.3, 0.4) is 0 Å². The highest BCUT2D eigenvalue weighted by Gasteiger charge is 2.17. The highest BCUT2D eigenvalue weighted by Crippen LogP contribution is 2.33. The van der Waals surface area contributed by atoms with Crippen LogP contribution >= 0.6 is 46.4 Å². The zero-order valence-corrected chi connectivity index (χ0v) is 21.5. The minimum atomic E-state index is -1.36. The van der Waals surface area contributed by atoms with Crippen LogP contribution in [-0.2, 0) is 0 Å². The Hall–Kier alpha value is -3.70. The summed E-state index contributed by atoms with van der Waals surface area (Å²) in [7, 11) is 0. The summed E-state index contributed by atoms with van der Waals surface area (Å²) in [6.45, 7) is 0. The van der Waals surface area contributed by atoms with E-state index in [-0.39, 0.29) is 33.3 Å². The second-order valence-corrected chi connectivity index (χ2v) is 8.66. The molecule has 0 spiro atoms. The molecule has 0 aliphatic rings. The zero-order valence-electron chi connectivity index (χ0n) is 18.5. The average molecular weight is 604 g/mol. The number of hydrogen-bond donors (Lipinski definition) is 2. The second kappa shape index (κ2) is 12.7. The lowest BCUT2D eigenvalue weighted by Gasteiger charge is -2.09. The van der Waals surface area contributed by atoms with E-state index >= 15 is 0 Å². The van der Waals surface area contributed by atoms with Gasteiger partial charge in [0.15, 0.2) is 0 Å². The first-order chi connectivity index (χ1) is 17.9. The number of pyridine rings is 2. The Labute approximate surface area is 232 Å². The molecule has 0 aliphatic carbocycles. The largest absolute Gasteiger partial charge is 0.477 e. The van der Waals surface area contributed by atoms with E-state index in [0.29, 0.717) is 10.0 Å². The Kier molecular flexibility index (Phi) is 9.65. The van der Waals surface area contributed by atoms with Gasteiger partial charge in [-0.2, -0.15) is 0 Å². The lowest BCUT2D eigenvalue weighted by Crippen LogP contribution is -2.03. The fraction of sp³-hybridized carbons (Fsp3) is 0. The summed E-state index contributed by atoms with van der Waals surface area (Å²) >= 11 is 23.3. The number of carbonyl (C=O) groups is 2. The number of nitrogens with zero attached hydrogens (tertiary/aromatic N) is 2. The third-order valence-corrected chi connectivity index (χ3v) is 5.39. The van der Waals surface area contributed by atoms with Crippen molar-refractivity contribution in [3.8, 4) is 23.3 Å². The molecular weight excluding hydrogens is 592 g/mol. The van der Waals surface area contributed by atoms with E-state index in [9.17, 15) is 18.4 Å². The van der Waals surface area contributed by atoms with E-state index < -0.39 is 34.7 Å². The monoisotopic (exact) mass is 602 g/mol. The standard InChI is InChI=1S/2C12H6Cl2FNO3/c2*13-6-1-2-9(14)10(3-6)19-11-8(12(17)18)4-7(15)5-16-11/h2*1-5H,(H,17,18). The highest BCUT2D eigenvalue weighted by molar-refractivity contribution is 6.34. The third kappa shape index (κ3) is 7.65. The summed E-state index contributed by atoms with van der Waals surface area (Å²) in [6.07, 6.45) is 1.69. The Balaban J connectivity index is 0.000000211. The van der Waals surface area contributed by atoms with Gasteiger partial charge < -0.3 is 19.7 Å². The summed E-state index contributed by atoms with van der Waals surface area (Å²) < 4.78 is 36.4. The molecule has 0 saturated carbocycles. The predicted octanol–water partition coefficient (Wildman–Crippen LogP) is 8.04. The molecule has 0 atom stereocenters. The third-order valence-electron chi connectivity index (χ3n) is 4.30. The molecule has 0 unspecified atom stereocenters. The second-order valence-electron chi connectivity index (χ2n) is 6.98. The van der Waals surface area contributed by atoms with Gasteiger partial charge in [0.1, 0.15) is 34.3 Å². The van der Waals surface area contributed by atoms with E-state index in [4.69, 9.17) is 66.1 Å². The number of carboxylic acids is 2. The maximum Gasteiger partial charge on any atom is 0.341 e. The van der Waals surface area contributed by atoms with Gasteiger partial charge in [0.05, 0.1) is 22.4 Å².